The summed E-state index contributed by atoms with van der Waals surface area (Å²) in [5.41, 5.74) is 8.93. The SMILES string of the molecule is C=Nc1cncc(C2CC2)c1/C(=N\CC(/C=C\N)=C/C(=C)Nc1c(F)cccc1F)NC1CCN(C(C)=O)CC1. The number of nitrogens with one attached hydrogen (secondary N) is 2. The van der Waals surface area contributed by atoms with Crippen molar-refractivity contribution in [2.45, 2.75) is 44.6 Å². The number of carbonyl (C=O) groups excluding carboxylic acids is 1. The molecule has 10 heteroatoms. The lowest BCUT2D eigenvalue weighted by molar-refractivity contribution is -0.129. The molecule has 210 valence electrons. The van der Waals surface area contributed by atoms with Crippen molar-refractivity contribution in [3.05, 3.63) is 89.6 Å². The molecule has 1 amide bonds. The maximum Gasteiger partial charge on any atom is 0.219 e. The van der Waals surface area contributed by atoms with Crippen LogP contribution in [0.25, 0.3) is 0 Å². The van der Waals surface area contributed by atoms with Crippen molar-refractivity contribution >= 4 is 29.8 Å². The van der Waals surface area contributed by atoms with Gasteiger partial charge in [-0.05, 0) is 79.9 Å². The third-order valence-electron chi connectivity index (χ3n) is 7.00. The zero-order valence-electron chi connectivity index (χ0n) is 22.7. The van der Waals surface area contributed by atoms with E-state index in [1.807, 2.05) is 11.1 Å². The molecule has 1 aromatic carbocycles. The predicted octanol–water partition coefficient (Wildman–Crippen LogP) is 4.94. The monoisotopic (exact) mass is 547 g/mol. The summed E-state index contributed by atoms with van der Waals surface area (Å²) in [6.45, 7) is 10.8. The van der Waals surface area contributed by atoms with Crippen LogP contribution in [0.2, 0.25) is 0 Å². The van der Waals surface area contributed by atoms with Crippen LogP contribution >= 0.6 is 0 Å². The number of allylic oxidation sites excluding steroid dienone is 1. The first kappa shape index (κ1) is 28.7. The van der Waals surface area contributed by atoms with Gasteiger partial charge in [0.2, 0.25) is 5.91 Å². The fourth-order valence-corrected chi connectivity index (χ4v) is 4.75. The second kappa shape index (κ2) is 13.1. The Hall–Kier alpha value is -4.34. The van der Waals surface area contributed by atoms with Crippen molar-refractivity contribution in [2.75, 3.05) is 25.0 Å². The highest BCUT2D eigenvalue weighted by Gasteiger charge is 2.30. The largest absolute Gasteiger partial charge is 0.405 e. The number of nitrogens with zero attached hydrogens (tertiary/aromatic N) is 4. The zero-order valence-corrected chi connectivity index (χ0v) is 22.7. The molecule has 1 aliphatic heterocycles. The van der Waals surface area contributed by atoms with E-state index in [1.54, 1.807) is 25.3 Å². The van der Waals surface area contributed by atoms with Crippen molar-refractivity contribution in [3.63, 3.8) is 0 Å². The standard InChI is InChI=1S/C30H35F2N7O/c1-19(37-29-25(31)5-4-6-26(29)32)15-21(9-12-33)16-36-30(38-23-10-13-39(14-11-23)20(2)40)28-24(22-7-8-22)17-35-18-27(28)34-3/h4-6,9,12,15,17-18,22-23,37H,1,3,7-8,10-11,13-14,16,33H2,2H3,(H,36,38)/b12-9-,21-15+. The van der Waals surface area contributed by atoms with Crippen LogP contribution < -0.4 is 16.4 Å². The molecule has 0 atom stereocenters. The second-order valence-electron chi connectivity index (χ2n) is 9.97. The Balaban J connectivity index is 1.63. The van der Waals surface area contributed by atoms with Gasteiger partial charge < -0.3 is 21.3 Å². The number of para-hydroxylation sites is 1. The number of benzene rings is 1. The van der Waals surface area contributed by atoms with E-state index in [1.165, 1.54) is 24.4 Å². The maximum absolute atomic E-state index is 14.1. The number of rotatable bonds is 10. The molecule has 2 aromatic rings. The number of hydrogen-bond donors (Lipinski definition) is 3. The minimum absolute atomic E-state index is 0.0723. The average Bonchev–Trinajstić information content (AvgIpc) is 3.78. The molecule has 0 radical (unpaired) electrons. The highest BCUT2D eigenvalue weighted by molar-refractivity contribution is 6.05. The van der Waals surface area contributed by atoms with Crippen LogP contribution in [0.3, 0.4) is 0 Å². The molecule has 0 spiro atoms. The molecule has 1 saturated carbocycles. The Morgan fingerprint density at radius 2 is 1.90 bits per heavy atom. The molecule has 2 fully saturated rings. The van der Waals surface area contributed by atoms with E-state index in [0.29, 0.717) is 36.1 Å². The predicted molar refractivity (Wildman–Crippen MR) is 156 cm³/mol. The van der Waals surface area contributed by atoms with Crippen LogP contribution in [0.5, 0.6) is 0 Å². The lowest BCUT2D eigenvalue weighted by Crippen LogP contribution is -2.46. The van der Waals surface area contributed by atoms with Gasteiger partial charge in [-0.3, -0.25) is 19.8 Å². The van der Waals surface area contributed by atoms with Gasteiger partial charge in [0.15, 0.2) is 0 Å². The van der Waals surface area contributed by atoms with E-state index >= 15 is 0 Å². The Labute approximate surface area is 233 Å². The van der Waals surface area contributed by atoms with Crippen LogP contribution in [-0.2, 0) is 4.79 Å². The molecule has 8 nitrogen and oxygen atoms in total. The highest BCUT2D eigenvalue weighted by Crippen LogP contribution is 2.43. The van der Waals surface area contributed by atoms with Crippen LogP contribution in [-0.4, -0.2) is 54.0 Å². The summed E-state index contributed by atoms with van der Waals surface area (Å²) >= 11 is 0. The van der Waals surface area contributed by atoms with Crippen LogP contribution in [0, 0.1) is 11.6 Å². The number of nitrogens with two attached hydrogens (primary N) is 1. The van der Waals surface area contributed by atoms with Gasteiger partial charge in [-0.25, -0.2) is 8.78 Å². The summed E-state index contributed by atoms with van der Waals surface area (Å²) in [6, 6.07) is 3.74. The molecule has 40 heavy (non-hydrogen) atoms. The number of aliphatic imine (C=N–C) groups is 2. The molecule has 2 aliphatic rings. The topological polar surface area (TPSA) is 108 Å². The molecule has 4 N–H and O–H groups in total. The summed E-state index contributed by atoms with van der Waals surface area (Å²) < 4.78 is 28.3. The van der Waals surface area contributed by atoms with Crippen molar-refractivity contribution in [1.82, 2.24) is 15.2 Å². The van der Waals surface area contributed by atoms with Gasteiger partial charge in [0.25, 0.3) is 0 Å². The number of amides is 1. The Morgan fingerprint density at radius 1 is 1.20 bits per heavy atom. The second-order valence-corrected chi connectivity index (χ2v) is 9.97. The lowest BCUT2D eigenvalue weighted by Gasteiger charge is -2.33. The highest BCUT2D eigenvalue weighted by atomic mass is 19.1. The molecule has 4 rings (SSSR count). The molecular weight excluding hydrogens is 512 g/mol. The van der Waals surface area contributed by atoms with Gasteiger partial charge in [-0.2, -0.15) is 0 Å². The van der Waals surface area contributed by atoms with Gasteiger partial charge in [0.1, 0.15) is 23.2 Å². The summed E-state index contributed by atoms with van der Waals surface area (Å²) in [6.07, 6.45) is 11.9. The van der Waals surface area contributed by atoms with Gasteiger partial charge >= 0.3 is 0 Å². The molecule has 0 unspecified atom stereocenters. The third kappa shape index (κ3) is 7.19. The number of anilines is 1. The number of halogens is 2. The normalized spacial score (nSPS) is 16.7. The van der Waals surface area contributed by atoms with Crippen molar-refractivity contribution in [3.8, 4) is 0 Å². The summed E-state index contributed by atoms with van der Waals surface area (Å²) in [4.78, 5) is 27.2. The smallest absolute Gasteiger partial charge is 0.219 e. The molecule has 1 saturated heterocycles. The number of pyridine rings is 1. The van der Waals surface area contributed by atoms with Gasteiger partial charge in [0, 0.05) is 43.5 Å². The molecular formula is C30H35F2N7O. The van der Waals surface area contributed by atoms with Crippen LogP contribution in [0.4, 0.5) is 20.2 Å². The summed E-state index contributed by atoms with van der Waals surface area (Å²) in [5, 5.41) is 6.30. The van der Waals surface area contributed by atoms with Gasteiger partial charge in [0.05, 0.1) is 18.4 Å². The fourth-order valence-electron chi connectivity index (χ4n) is 4.75. The minimum atomic E-state index is -0.722. The molecule has 2 heterocycles. The van der Waals surface area contributed by atoms with Crippen LogP contribution in [0.1, 0.15) is 49.7 Å². The van der Waals surface area contributed by atoms with Crippen molar-refractivity contribution in [1.29, 1.82) is 0 Å². The number of carbonyl (C=O) groups is 1. The van der Waals surface area contributed by atoms with E-state index < -0.39 is 11.6 Å². The first-order chi connectivity index (χ1) is 19.3. The molecule has 1 aromatic heterocycles. The van der Waals surface area contributed by atoms with Crippen molar-refractivity contribution in [2.24, 2.45) is 15.7 Å². The lowest BCUT2D eigenvalue weighted by atomic mass is 10.0. The van der Waals surface area contributed by atoms with E-state index in [2.05, 4.69) is 33.9 Å². The summed E-state index contributed by atoms with van der Waals surface area (Å²) in [7, 11) is 0. The van der Waals surface area contributed by atoms with E-state index in [0.717, 1.165) is 36.8 Å². The number of aromatic nitrogens is 1. The van der Waals surface area contributed by atoms with Crippen molar-refractivity contribution < 1.29 is 13.6 Å². The Kier molecular flexibility index (Phi) is 9.42. The number of piperidine rings is 1. The fraction of sp³-hybridized carbons (Fsp3) is 0.333. The number of hydrogen-bond acceptors (Lipinski definition) is 6. The van der Waals surface area contributed by atoms with E-state index in [4.69, 9.17) is 10.7 Å². The molecule has 1 aliphatic carbocycles. The zero-order chi connectivity index (χ0) is 28.6. The Bertz CT molecular complexity index is 1340. The maximum atomic E-state index is 14.1. The van der Waals surface area contributed by atoms with E-state index in [9.17, 15) is 13.6 Å². The number of likely N-dealkylation sites (tertiary alicyclic amines) is 1. The number of amidine groups is 1. The van der Waals surface area contributed by atoms with E-state index in [-0.39, 0.29) is 29.9 Å². The first-order valence-corrected chi connectivity index (χ1v) is 13.3. The van der Waals surface area contributed by atoms with Gasteiger partial charge in [-0.15, -0.1) is 0 Å². The average molecular weight is 548 g/mol. The van der Waals surface area contributed by atoms with Gasteiger partial charge in [-0.1, -0.05) is 12.6 Å². The minimum Gasteiger partial charge on any atom is -0.405 e. The summed E-state index contributed by atoms with van der Waals surface area (Å²) in [5.74, 6) is -0.332. The Morgan fingerprint density at radius 3 is 2.50 bits per heavy atom. The molecule has 0 bridgehead atoms. The first-order valence-electron chi connectivity index (χ1n) is 13.3. The quantitative estimate of drug-likeness (QED) is 0.222. The third-order valence-corrected chi connectivity index (χ3v) is 7.00. The van der Waals surface area contributed by atoms with Crippen LogP contribution in [0.15, 0.2) is 76.8 Å².